The second-order valence-electron chi connectivity index (χ2n) is 8.81. The lowest BCUT2D eigenvalue weighted by Crippen LogP contribution is -2.27. The number of ether oxygens (including phenoxy) is 2. The molecule has 0 radical (unpaired) electrons. The summed E-state index contributed by atoms with van der Waals surface area (Å²) in [6.45, 7) is 7.55. The topological polar surface area (TPSA) is 109 Å². The number of methoxy groups -OCH3 is 1. The zero-order valence-corrected chi connectivity index (χ0v) is 19.1. The maximum absolute atomic E-state index is 13.5. The number of aromatic hydroxyl groups is 3. The van der Waals surface area contributed by atoms with E-state index in [1.54, 1.807) is 18.2 Å². The summed E-state index contributed by atoms with van der Waals surface area (Å²) in [5.74, 6) is -0.222. The minimum Gasteiger partial charge on any atom is -0.507 e. The molecule has 0 bridgehead atoms. The Bertz CT molecular complexity index is 1390. The highest BCUT2D eigenvalue weighted by Gasteiger charge is 2.28. The molecule has 1 aromatic heterocycles. The smallest absolute Gasteiger partial charge is 0.204 e. The second kappa shape index (κ2) is 7.92. The van der Waals surface area contributed by atoms with Crippen LogP contribution in [0, 0.1) is 0 Å². The van der Waals surface area contributed by atoms with E-state index in [0.29, 0.717) is 11.3 Å². The van der Waals surface area contributed by atoms with Crippen LogP contribution in [-0.2, 0) is 6.42 Å². The van der Waals surface area contributed by atoms with Crippen molar-refractivity contribution in [2.24, 2.45) is 0 Å². The first kappa shape index (κ1) is 22.3. The van der Waals surface area contributed by atoms with Crippen LogP contribution in [0.15, 0.2) is 45.3 Å². The molecule has 2 heterocycles. The van der Waals surface area contributed by atoms with Gasteiger partial charge in [-0.3, -0.25) is 4.79 Å². The van der Waals surface area contributed by atoms with E-state index in [-0.39, 0.29) is 57.1 Å². The van der Waals surface area contributed by atoms with E-state index >= 15 is 0 Å². The van der Waals surface area contributed by atoms with Gasteiger partial charge in [-0.2, -0.15) is 0 Å². The lowest BCUT2D eigenvalue weighted by atomic mass is 9.96. The molecule has 0 fully saturated rings. The summed E-state index contributed by atoms with van der Waals surface area (Å²) < 4.78 is 16.9. The standard InChI is InChI=1S/C26H26O7/c1-13(2)6-7-14-17(27)10-19(31-5)21(23(14)28)16-12-32-20-11-18-15(8-9-26(3,4)33-18)24(29)22(20)25(16)30/h6,8-12,27-29H,7H2,1-5H3. The number of fused-ring (bicyclic) bond motifs is 2. The fourth-order valence-corrected chi connectivity index (χ4v) is 3.88. The Morgan fingerprint density at radius 1 is 1.15 bits per heavy atom. The Kier molecular flexibility index (Phi) is 5.36. The van der Waals surface area contributed by atoms with E-state index in [0.717, 1.165) is 5.57 Å². The zero-order chi connectivity index (χ0) is 24.1. The summed E-state index contributed by atoms with van der Waals surface area (Å²) in [5.41, 5.74) is 0.719. The number of benzene rings is 2. The van der Waals surface area contributed by atoms with Gasteiger partial charge in [-0.15, -0.1) is 0 Å². The maximum Gasteiger partial charge on any atom is 0.204 e. The fourth-order valence-electron chi connectivity index (χ4n) is 3.88. The van der Waals surface area contributed by atoms with E-state index in [4.69, 9.17) is 13.9 Å². The van der Waals surface area contributed by atoms with Crippen LogP contribution in [0.3, 0.4) is 0 Å². The van der Waals surface area contributed by atoms with Gasteiger partial charge in [0.25, 0.3) is 0 Å². The lowest BCUT2D eigenvalue weighted by molar-refractivity contribution is 0.158. The number of hydrogen-bond donors (Lipinski definition) is 3. The predicted molar refractivity (Wildman–Crippen MR) is 126 cm³/mol. The fraction of sp³-hybridized carbons (Fsp3) is 0.269. The van der Waals surface area contributed by atoms with E-state index in [2.05, 4.69) is 0 Å². The quantitative estimate of drug-likeness (QED) is 0.464. The van der Waals surface area contributed by atoms with Crippen molar-refractivity contribution >= 4 is 17.0 Å². The van der Waals surface area contributed by atoms with Crippen LogP contribution >= 0.6 is 0 Å². The van der Waals surface area contributed by atoms with Gasteiger partial charge < -0.3 is 29.2 Å². The predicted octanol–water partition coefficient (Wildman–Crippen LogP) is 5.28. The minimum absolute atomic E-state index is 0.00779. The van der Waals surface area contributed by atoms with E-state index in [9.17, 15) is 20.1 Å². The van der Waals surface area contributed by atoms with Crippen molar-refractivity contribution in [3.05, 3.63) is 57.5 Å². The monoisotopic (exact) mass is 450 g/mol. The molecule has 0 atom stereocenters. The number of phenolic OH excluding ortho intramolecular Hbond substituents is 3. The highest BCUT2D eigenvalue weighted by Crippen LogP contribution is 2.46. The molecule has 0 unspecified atom stereocenters. The average Bonchev–Trinajstić information content (AvgIpc) is 2.73. The number of hydrogen-bond acceptors (Lipinski definition) is 7. The van der Waals surface area contributed by atoms with Crippen LogP contribution in [0.2, 0.25) is 0 Å². The van der Waals surface area contributed by atoms with Gasteiger partial charge in [-0.25, -0.2) is 0 Å². The van der Waals surface area contributed by atoms with Crippen molar-refractivity contribution < 1.29 is 29.2 Å². The van der Waals surface area contributed by atoms with Crippen LogP contribution in [0.5, 0.6) is 28.7 Å². The van der Waals surface area contributed by atoms with Crippen molar-refractivity contribution in [2.75, 3.05) is 7.11 Å². The average molecular weight is 450 g/mol. The molecule has 7 heteroatoms. The van der Waals surface area contributed by atoms with Gasteiger partial charge in [0.05, 0.1) is 23.8 Å². The molecule has 4 rings (SSSR count). The van der Waals surface area contributed by atoms with Crippen LogP contribution < -0.4 is 14.9 Å². The van der Waals surface area contributed by atoms with Crippen LogP contribution in [-0.4, -0.2) is 28.0 Å². The van der Waals surface area contributed by atoms with E-state index in [1.165, 1.54) is 19.4 Å². The molecule has 0 aliphatic carbocycles. The molecule has 33 heavy (non-hydrogen) atoms. The summed E-state index contributed by atoms with van der Waals surface area (Å²) in [4.78, 5) is 13.5. The van der Waals surface area contributed by atoms with Gasteiger partial charge >= 0.3 is 0 Å². The van der Waals surface area contributed by atoms with E-state index in [1.807, 2.05) is 33.8 Å². The first-order valence-corrected chi connectivity index (χ1v) is 10.5. The third kappa shape index (κ3) is 3.80. The molecule has 3 N–H and O–H groups in total. The molecule has 0 saturated carbocycles. The van der Waals surface area contributed by atoms with Crippen molar-refractivity contribution in [3.63, 3.8) is 0 Å². The summed E-state index contributed by atoms with van der Waals surface area (Å²) in [7, 11) is 1.37. The minimum atomic E-state index is -0.569. The normalized spacial score (nSPS) is 14.0. The third-order valence-electron chi connectivity index (χ3n) is 5.62. The van der Waals surface area contributed by atoms with Crippen LogP contribution in [0.4, 0.5) is 0 Å². The molecule has 0 saturated heterocycles. The van der Waals surface area contributed by atoms with E-state index < -0.39 is 11.0 Å². The summed E-state index contributed by atoms with van der Waals surface area (Å²) in [5, 5.41) is 32.3. The molecular formula is C26H26O7. The SMILES string of the molecule is COc1cc(O)c(CC=C(C)C)c(O)c1-c1coc2cc3c(c(O)c2c1=O)C=CC(C)(C)O3. The molecule has 7 nitrogen and oxygen atoms in total. The lowest BCUT2D eigenvalue weighted by Gasteiger charge is -2.28. The first-order chi connectivity index (χ1) is 15.5. The molecular weight excluding hydrogens is 424 g/mol. The van der Waals surface area contributed by atoms with Gasteiger partial charge in [0.1, 0.15) is 51.6 Å². The van der Waals surface area contributed by atoms with Gasteiger partial charge in [-0.1, -0.05) is 11.6 Å². The summed E-state index contributed by atoms with van der Waals surface area (Å²) >= 11 is 0. The number of phenols is 3. The highest BCUT2D eigenvalue weighted by atomic mass is 16.5. The molecule has 0 amide bonds. The van der Waals surface area contributed by atoms with Crippen LogP contribution in [0.25, 0.3) is 28.2 Å². The zero-order valence-electron chi connectivity index (χ0n) is 19.1. The Morgan fingerprint density at radius 2 is 1.88 bits per heavy atom. The van der Waals surface area contributed by atoms with Gasteiger partial charge in [0, 0.05) is 17.7 Å². The van der Waals surface area contributed by atoms with Crippen molar-refractivity contribution in [3.8, 4) is 39.9 Å². The maximum atomic E-state index is 13.5. The summed E-state index contributed by atoms with van der Waals surface area (Å²) in [6.07, 6.45) is 6.80. The Labute approximate surface area is 190 Å². The van der Waals surface area contributed by atoms with Gasteiger partial charge in [0.2, 0.25) is 5.43 Å². The Morgan fingerprint density at radius 3 is 2.55 bits per heavy atom. The van der Waals surface area contributed by atoms with Crippen molar-refractivity contribution in [2.45, 2.75) is 39.7 Å². The molecule has 0 spiro atoms. The van der Waals surface area contributed by atoms with Gasteiger partial charge in [-0.05, 0) is 46.3 Å². The van der Waals surface area contributed by atoms with Crippen molar-refractivity contribution in [1.29, 1.82) is 0 Å². The van der Waals surface area contributed by atoms with Crippen LogP contribution in [0.1, 0.15) is 38.8 Å². The molecule has 2 aromatic carbocycles. The molecule has 1 aliphatic rings. The third-order valence-corrected chi connectivity index (χ3v) is 5.62. The highest BCUT2D eigenvalue weighted by molar-refractivity contribution is 5.94. The molecule has 1 aliphatic heterocycles. The molecule has 3 aromatic rings. The number of allylic oxidation sites excluding steroid dienone is 2. The number of rotatable bonds is 4. The second-order valence-corrected chi connectivity index (χ2v) is 8.81. The van der Waals surface area contributed by atoms with Crippen molar-refractivity contribution in [1.82, 2.24) is 0 Å². The Balaban J connectivity index is 1.99. The Hall–Kier alpha value is -3.87. The summed E-state index contributed by atoms with van der Waals surface area (Å²) in [6, 6.07) is 2.91. The first-order valence-electron chi connectivity index (χ1n) is 10.5. The largest absolute Gasteiger partial charge is 0.507 e. The molecule has 172 valence electrons. The van der Waals surface area contributed by atoms with Gasteiger partial charge in [0.15, 0.2) is 0 Å².